The van der Waals surface area contributed by atoms with Gasteiger partial charge in [0.25, 0.3) is 0 Å². The van der Waals surface area contributed by atoms with Crippen LogP contribution in [-0.4, -0.2) is 53.7 Å². The highest BCUT2D eigenvalue weighted by Crippen LogP contribution is 2.40. The minimum absolute atomic E-state index is 0.0306. The van der Waals surface area contributed by atoms with Gasteiger partial charge in [-0.1, -0.05) is 12.8 Å². The Balaban J connectivity index is 1.71. The number of aromatic hydroxyl groups is 1. The first kappa shape index (κ1) is 20.2. The molecule has 2 aliphatic heterocycles. The molecule has 2 aliphatic rings. The molecule has 0 aromatic carbocycles. The summed E-state index contributed by atoms with van der Waals surface area (Å²) in [5, 5.41) is 19.8. The van der Waals surface area contributed by atoms with E-state index >= 15 is 0 Å². The number of rotatable bonds is 6. The summed E-state index contributed by atoms with van der Waals surface area (Å²) < 4.78 is 11.3. The molecule has 0 spiro atoms. The maximum absolute atomic E-state index is 12.7. The van der Waals surface area contributed by atoms with E-state index in [4.69, 9.17) is 14.3 Å². The summed E-state index contributed by atoms with van der Waals surface area (Å²) in [7, 11) is 0. The van der Waals surface area contributed by atoms with Gasteiger partial charge in [0.15, 0.2) is 22.9 Å². The molecule has 0 aliphatic carbocycles. The van der Waals surface area contributed by atoms with Crippen molar-refractivity contribution in [2.75, 3.05) is 31.2 Å². The van der Waals surface area contributed by atoms with Crippen molar-refractivity contribution in [1.82, 2.24) is 4.98 Å². The zero-order valence-electron chi connectivity index (χ0n) is 16.7. The quantitative estimate of drug-likeness (QED) is 0.553. The van der Waals surface area contributed by atoms with E-state index in [1.54, 1.807) is 18.5 Å². The first-order chi connectivity index (χ1) is 14.7. The van der Waals surface area contributed by atoms with Crippen molar-refractivity contribution in [1.29, 1.82) is 0 Å². The fraction of sp³-hybridized carbons (Fsp3) is 0.409. The first-order valence-electron chi connectivity index (χ1n) is 10.3. The number of aliphatic hydroxyl groups excluding tert-OH is 1. The van der Waals surface area contributed by atoms with Crippen molar-refractivity contribution in [2.24, 2.45) is 4.99 Å². The summed E-state index contributed by atoms with van der Waals surface area (Å²) in [5.41, 5.74) is 1.60. The van der Waals surface area contributed by atoms with Gasteiger partial charge >= 0.3 is 5.97 Å². The van der Waals surface area contributed by atoms with Crippen LogP contribution in [0.5, 0.6) is 5.75 Å². The molecule has 2 N–H and O–H groups in total. The zero-order valence-corrected chi connectivity index (χ0v) is 16.7. The van der Waals surface area contributed by atoms with E-state index in [1.807, 2.05) is 17.0 Å². The summed E-state index contributed by atoms with van der Waals surface area (Å²) in [6.45, 7) is 1.48. The van der Waals surface area contributed by atoms with Crippen molar-refractivity contribution >= 4 is 35.5 Å². The van der Waals surface area contributed by atoms with Crippen molar-refractivity contribution in [3.8, 4) is 5.75 Å². The first-order valence-corrected chi connectivity index (χ1v) is 10.3. The molecule has 8 heteroatoms. The Morgan fingerprint density at radius 3 is 2.83 bits per heavy atom. The minimum atomic E-state index is -0.657. The number of allylic oxidation sites excluding steroid dienone is 1. The summed E-state index contributed by atoms with van der Waals surface area (Å²) in [5.74, 6) is 0.210. The van der Waals surface area contributed by atoms with E-state index in [0.29, 0.717) is 18.1 Å². The van der Waals surface area contributed by atoms with Gasteiger partial charge in [0.05, 0.1) is 6.61 Å². The minimum Gasteiger partial charge on any atom is -0.504 e. The summed E-state index contributed by atoms with van der Waals surface area (Å²) >= 11 is 0. The van der Waals surface area contributed by atoms with Crippen LogP contribution in [0.4, 0.5) is 11.7 Å². The fourth-order valence-electron chi connectivity index (χ4n) is 3.69. The van der Waals surface area contributed by atoms with Gasteiger partial charge in [-0.3, -0.25) is 0 Å². The normalized spacial score (nSPS) is 17.2. The second-order valence-corrected chi connectivity index (χ2v) is 7.34. The number of hydrogen-bond acceptors (Lipinski definition) is 8. The number of nitrogens with zero attached hydrogens (tertiary/aromatic N) is 3. The van der Waals surface area contributed by atoms with E-state index in [1.165, 1.54) is 0 Å². The molecular weight excluding hydrogens is 386 g/mol. The number of carbonyl (C=O) groups excluding carboxylic acids is 1. The molecule has 0 unspecified atom stereocenters. The largest absolute Gasteiger partial charge is 0.504 e. The SMILES string of the molecule is O=C(OCCCO)c1c(N2CCCCCC2)oc(C=C2C=Nc3ncccc32)c1O. The van der Waals surface area contributed by atoms with Gasteiger partial charge in [-0.2, -0.15) is 0 Å². The molecule has 0 amide bonds. The van der Waals surface area contributed by atoms with Gasteiger partial charge in [0.1, 0.15) is 0 Å². The van der Waals surface area contributed by atoms with Crippen LogP contribution in [-0.2, 0) is 4.74 Å². The van der Waals surface area contributed by atoms with Gasteiger partial charge in [-0.25, -0.2) is 14.8 Å². The molecule has 4 rings (SSSR count). The van der Waals surface area contributed by atoms with Gasteiger partial charge in [-0.05, 0) is 31.1 Å². The topological polar surface area (TPSA) is 108 Å². The standard InChI is InChI=1S/C22H25N3O5/c26-11-6-12-29-22(28)18-19(27)17(30-21(18)25-9-3-1-2-4-10-25)13-15-14-24-20-16(15)7-5-8-23-20/h5,7-8,13-14,26-27H,1-4,6,9-12H2. The second kappa shape index (κ2) is 9.13. The number of esters is 1. The number of furan rings is 1. The number of hydrogen-bond donors (Lipinski definition) is 2. The highest BCUT2D eigenvalue weighted by Gasteiger charge is 2.30. The molecule has 2 aromatic heterocycles. The Kier molecular flexibility index (Phi) is 6.13. The van der Waals surface area contributed by atoms with Crippen molar-refractivity contribution < 1.29 is 24.2 Å². The lowest BCUT2D eigenvalue weighted by Gasteiger charge is -2.20. The summed E-state index contributed by atoms with van der Waals surface area (Å²) in [4.78, 5) is 23.2. The Morgan fingerprint density at radius 2 is 2.07 bits per heavy atom. The fourth-order valence-corrected chi connectivity index (χ4v) is 3.69. The highest BCUT2D eigenvalue weighted by atomic mass is 16.5. The van der Waals surface area contributed by atoms with Crippen molar-refractivity contribution in [2.45, 2.75) is 32.1 Å². The van der Waals surface area contributed by atoms with Crippen LogP contribution in [0.2, 0.25) is 0 Å². The maximum Gasteiger partial charge on any atom is 0.347 e. The van der Waals surface area contributed by atoms with Crippen LogP contribution in [0.25, 0.3) is 11.6 Å². The number of pyridine rings is 1. The van der Waals surface area contributed by atoms with E-state index in [0.717, 1.165) is 49.9 Å². The van der Waals surface area contributed by atoms with Crippen LogP contribution in [0.1, 0.15) is 53.8 Å². The number of fused-ring (bicyclic) bond motifs is 1. The van der Waals surface area contributed by atoms with Crippen molar-refractivity contribution in [3.63, 3.8) is 0 Å². The van der Waals surface area contributed by atoms with Crippen LogP contribution < -0.4 is 4.90 Å². The molecule has 8 nitrogen and oxygen atoms in total. The molecule has 1 saturated heterocycles. The van der Waals surface area contributed by atoms with E-state index < -0.39 is 5.97 Å². The average Bonchev–Trinajstić information content (AvgIpc) is 3.17. The van der Waals surface area contributed by atoms with E-state index in [2.05, 4.69) is 9.98 Å². The molecule has 0 atom stereocenters. The van der Waals surface area contributed by atoms with Gasteiger partial charge in [0.2, 0.25) is 5.88 Å². The van der Waals surface area contributed by atoms with E-state index in [-0.39, 0.29) is 30.3 Å². The molecule has 158 valence electrons. The number of carbonyl (C=O) groups is 1. The Labute approximate surface area is 174 Å². The number of aliphatic hydroxyl groups is 1. The molecule has 30 heavy (non-hydrogen) atoms. The van der Waals surface area contributed by atoms with Gasteiger partial charge < -0.3 is 24.3 Å². The molecule has 1 fully saturated rings. The Hall–Kier alpha value is -3.13. The molecule has 0 bridgehead atoms. The molecular formula is C22H25N3O5. The predicted octanol–water partition coefficient (Wildman–Crippen LogP) is 3.56. The lowest BCUT2D eigenvalue weighted by Crippen LogP contribution is -2.25. The van der Waals surface area contributed by atoms with Gasteiger partial charge in [0, 0.05) is 49.7 Å². The monoisotopic (exact) mass is 411 g/mol. The third-order valence-corrected chi connectivity index (χ3v) is 5.23. The third kappa shape index (κ3) is 4.09. The smallest absolute Gasteiger partial charge is 0.347 e. The van der Waals surface area contributed by atoms with Crippen LogP contribution in [0.3, 0.4) is 0 Å². The molecule has 0 saturated carbocycles. The lowest BCUT2D eigenvalue weighted by molar-refractivity contribution is 0.0479. The van der Waals surface area contributed by atoms with Crippen LogP contribution >= 0.6 is 0 Å². The molecule has 0 radical (unpaired) electrons. The van der Waals surface area contributed by atoms with Crippen LogP contribution in [0, 0.1) is 0 Å². The lowest BCUT2D eigenvalue weighted by atomic mass is 10.1. The number of aromatic nitrogens is 1. The highest BCUT2D eigenvalue weighted by molar-refractivity contribution is 6.21. The molecule has 2 aromatic rings. The number of aliphatic imine (C=N–C) groups is 1. The maximum atomic E-state index is 12.7. The Bertz CT molecular complexity index is 971. The second-order valence-electron chi connectivity index (χ2n) is 7.34. The summed E-state index contributed by atoms with van der Waals surface area (Å²) in [6.07, 6.45) is 9.54. The van der Waals surface area contributed by atoms with Gasteiger partial charge in [-0.15, -0.1) is 0 Å². The average molecular weight is 411 g/mol. The summed E-state index contributed by atoms with van der Waals surface area (Å²) in [6, 6.07) is 3.71. The Morgan fingerprint density at radius 1 is 1.27 bits per heavy atom. The van der Waals surface area contributed by atoms with Crippen LogP contribution in [0.15, 0.2) is 27.7 Å². The predicted molar refractivity (Wildman–Crippen MR) is 113 cm³/mol. The zero-order chi connectivity index (χ0) is 20.9. The van der Waals surface area contributed by atoms with Crippen molar-refractivity contribution in [3.05, 3.63) is 35.2 Å². The molecule has 4 heterocycles. The van der Waals surface area contributed by atoms with E-state index in [9.17, 15) is 9.90 Å². The third-order valence-electron chi connectivity index (χ3n) is 5.23. The number of anilines is 1. The number of ether oxygens (including phenoxy) is 1.